The van der Waals surface area contributed by atoms with Crippen molar-refractivity contribution in [2.24, 2.45) is 0 Å². The Kier molecular flexibility index (Phi) is 5.69. The topological polar surface area (TPSA) is 64.7 Å². The third kappa shape index (κ3) is 4.71. The van der Waals surface area contributed by atoms with E-state index in [0.717, 1.165) is 31.6 Å². The summed E-state index contributed by atoms with van der Waals surface area (Å²) in [5.74, 6) is -0.00921. The van der Waals surface area contributed by atoms with Gasteiger partial charge in [-0.2, -0.15) is 0 Å². The zero-order chi connectivity index (χ0) is 16.8. The van der Waals surface area contributed by atoms with Crippen molar-refractivity contribution in [1.82, 2.24) is 15.1 Å². The second-order valence-corrected chi connectivity index (χ2v) is 6.61. The molecule has 0 spiro atoms. The summed E-state index contributed by atoms with van der Waals surface area (Å²) in [4.78, 5) is 28.3. The van der Waals surface area contributed by atoms with Gasteiger partial charge in [0, 0.05) is 37.9 Å². The number of para-hydroxylation sites is 1. The maximum absolute atomic E-state index is 12.2. The summed E-state index contributed by atoms with van der Waals surface area (Å²) >= 11 is 0. The molecule has 3 amide bonds. The Morgan fingerprint density at radius 1 is 1.00 bits per heavy atom. The number of piperazine rings is 1. The predicted octanol–water partition coefficient (Wildman–Crippen LogP) is 1.89. The normalized spacial score (nSPS) is 19.2. The van der Waals surface area contributed by atoms with Crippen molar-refractivity contribution in [3.63, 3.8) is 0 Å². The van der Waals surface area contributed by atoms with Crippen LogP contribution < -0.4 is 10.6 Å². The van der Waals surface area contributed by atoms with Crippen LogP contribution in [0.3, 0.4) is 0 Å². The van der Waals surface area contributed by atoms with Gasteiger partial charge in [0.2, 0.25) is 5.91 Å². The summed E-state index contributed by atoms with van der Waals surface area (Å²) in [6.45, 7) is 3.20. The maximum Gasteiger partial charge on any atom is 0.317 e. The van der Waals surface area contributed by atoms with Gasteiger partial charge in [-0.15, -0.1) is 0 Å². The van der Waals surface area contributed by atoms with Crippen LogP contribution >= 0.6 is 0 Å². The van der Waals surface area contributed by atoms with E-state index in [2.05, 4.69) is 15.5 Å². The first-order chi connectivity index (χ1) is 11.7. The van der Waals surface area contributed by atoms with Crippen LogP contribution in [-0.4, -0.2) is 60.5 Å². The van der Waals surface area contributed by atoms with Crippen molar-refractivity contribution in [3.8, 4) is 0 Å². The first-order valence-corrected chi connectivity index (χ1v) is 8.83. The summed E-state index contributed by atoms with van der Waals surface area (Å²) in [7, 11) is 0. The van der Waals surface area contributed by atoms with Crippen LogP contribution in [0.15, 0.2) is 30.3 Å². The molecule has 1 saturated carbocycles. The van der Waals surface area contributed by atoms with E-state index in [1.807, 2.05) is 35.2 Å². The third-order valence-corrected chi connectivity index (χ3v) is 4.77. The fourth-order valence-electron chi connectivity index (χ4n) is 3.37. The quantitative estimate of drug-likeness (QED) is 0.886. The molecule has 2 N–H and O–H groups in total. The number of anilines is 1. The van der Waals surface area contributed by atoms with Crippen LogP contribution in [0.1, 0.15) is 25.7 Å². The fraction of sp³-hybridized carbons (Fsp3) is 0.556. The SMILES string of the molecule is O=C(CN1CCN(C(=O)NC2CCCC2)CC1)Nc1ccccc1. The highest BCUT2D eigenvalue weighted by Crippen LogP contribution is 2.18. The highest BCUT2D eigenvalue weighted by atomic mass is 16.2. The minimum absolute atomic E-state index is 0.00921. The van der Waals surface area contributed by atoms with Gasteiger partial charge in [-0.05, 0) is 25.0 Å². The molecule has 6 nitrogen and oxygen atoms in total. The van der Waals surface area contributed by atoms with Crippen LogP contribution in [-0.2, 0) is 4.79 Å². The lowest BCUT2D eigenvalue weighted by Gasteiger charge is -2.34. The van der Waals surface area contributed by atoms with Gasteiger partial charge in [-0.3, -0.25) is 9.69 Å². The largest absolute Gasteiger partial charge is 0.335 e. The average Bonchev–Trinajstić information content (AvgIpc) is 3.09. The first kappa shape index (κ1) is 16.8. The number of rotatable bonds is 4. The lowest BCUT2D eigenvalue weighted by Crippen LogP contribution is -2.54. The van der Waals surface area contributed by atoms with Gasteiger partial charge >= 0.3 is 6.03 Å². The van der Waals surface area contributed by atoms with E-state index in [1.54, 1.807) is 0 Å². The number of benzene rings is 1. The number of hydrogen-bond donors (Lipinski definition) is 2. The van der Waals surface area contributed by atoms with Crippen molar-refractivity contribution in [2.45, 2.75) is 31.7 Å². The number of hydrogen-bond acceptors (Lipinski definition) is 3. The van der Waals surface area contributed by atoms with Crippen LogP contribution in [0.5, 0.6) is 0 Å². The van der Waals surface area contributed by atoms with Crippen LogP contribution in [0.25, 0.3) is 0 Å². The summed E-state index contributed by atoms with van der Waals surface area (Å²) in [6.07, 6.45) is 4.64. The number of nitrogens with one attached hydrogen (secondary N) is 2. The molecular formula is C18H26N4O2. The first-order valence-electron chi connectivity index (χ1n) is 8.83. The van der Waals surface area contributed by atoms with E-state index in [4.69, 9.17) is 0 Å². The minimum atomic E-state index is -0.00921. The number of amides is 3. The Labute approximate surface area is 143 Å². The molecule has 0 aromatic heterocycles. The van der Waals surface area contributed by atoms with E-state index < -0.39 is 0 Å². The van der Waals surface area contributed by atoms with Crippen LogP contribution in [0.4, 0.5) is 10.5 Å². The van der Waals surface area contributed by atoms with E-state index in [0.29, 0.717) is 25.7 Å². The molecule has 1 saturated heterocycles. The smallest absolute Gasteiger partial charge is 0.317 e. The Balaban J connectivity index is 1.38. The van der Waals surface area contributed by atoms with Gasteiger partial charge in [0.25, 0.3) is 0 Å². The average molecular weight is 330 g/mol. The molecule has 1 aliphatic carbocycles. The van der Waals surface area contributed by atoms with E-state index >= 15 is 0 Å². The Morgan fingerprint density at radius 3 is 2.33 bits per heavy atom. The molecule has 0 radical (unpaired) electrons. The van der Waals surface area contributed by atoms with Gasteiger partial charge in [0.15, 0.2) is 0 Å². The van der Waals surface area contributed by atoms with Gasteiger partial charge in [0.1, 0.15) is 0 Å². The summed E-state index contributed by atoms with van der Waals surface area (Å²) in [5, 5.41) is 6.02. The van der Waals surface area contributed by atoms with Gasteiger partial charge in [0.05, 0.1) is 6.54 Å². The highest BCUT2D eigenvalue weighted by Gasteiger charge is 2.25. The predicted molar refractivity (Wildman–Crippen MR) is 93.9 cm³/mol. The summed E-state index contributed by atoms with van der Waals surface area (Å²) in [6, 6.07) is 9.88. The molecule has 24 heavy (non-hydrogen) atoms. The zero-order valence-corrected chi connectivity index (χ0v) is 14.0. The van der Waals surface area contributed by atoms with Crippen LogP contribution in [0, 0.1) is 0 Å². The standard InChI is InChI=1S/C18H26N4O2/c23-17(19-15-6-2-1-3-7-15)14-21-10-12-22(13-11-21)18(24)20-16-8-4-5-9-16/h1-3,6-7,16H,4-5,8-14H2,(H,19,23)(H,20,24). The fourth-order valence-corrected chi connectivity index (χ4v) is 3.37. The molecular weight excluding hydrogens is 304 g/mol. The Hall–Kier alpha value is -2.08. The second-order valence-electron chi connectivity index (χ2n) is 6.61. The minimum Gasteiger partial charge on any atom is -0.335 e. The third-order valence-electron chi connectivity index (χ3n) is 4.77. The van der Waals surface area contributed by atoms with E-state index in [-0.39, 0.29) is 11.9 Å². The molecule has 1 aromatic rings. The lowest BCUT2D eigenvalue weighted by molar-refractivity contribution is -0.117. The zero-order valence-electron chi connectivity index (χ0n) is 14.0. The van der Waals surface area contributed by atoms with Crippen LogP contribution in [0.2, 0.25) is 0 Å². The summed E-state index contributed by atoms with van der Waals surface area (Å²) < 4.78 is 0. The Morgan fingerprint density at radius 2 is 1.67 bits per heavy atom. The van der Waals surface area contributed by atoms with E-state index in [9.17, 15) is 9.59 Å². The molecule has 0 bridgehead atoms. The van der Waals surface area contributed by atoms with Crippen molar-refractivity contribution in [2.75, 3.05) is 38.0 Å². The number of urea groups is 1. The van der Waals surface area contributed by atoms with Crippen molar-refractivity contribution < 1.29 is 9.59 Å². The van der Waals surface area contributed by atoms with Gasteiger partial charge < -0.3 is 15.5 Å². The molecule has 2 fully saturated rings. The number of carbonyl (C=O) groups excluding carboxylic acids is 2. The van der Waals surface area contributed by atoms with Gasteiger partial charge in [-0.1, -0.05) is 31.0 Å². The second kappa shape index (κ2) is 8.15. The number of carbonyl (C=O) groups is 2. The molecule has 1 aromatic carbocycles. The molecule has 6 heteroatoms. The monoisotopic (exact) mass is 330 g/mol. The molecule has 3 rings (SSSR count). The van der Waals surface area contributed by atoms with Crippen molar-refractivity contribution >= 4 is 17.6 Å². The van der Waals surface area contributed by atoms with E-state index in [1.165, 1.54) is 12.8 Å². The molecule has 130 valence electrons. The van der Waals surface area contributed by atoms with Gasteiger partial charge in [-0.25, -0.2) is 4.79 Å². The molecule has 0 unspecified atom stereocenters. The number of nitrogens with zero attached hydrogens (tertiary/aromatic N) is 2. The maximum atomic E-state index is 12.2. The summed E-state index contributed by atoms with van der Waals surface area (Å²) in [5.41, 5.74) is 0.817. The van der Waals surface area contributed by atoms with Crippen molar-refractivity contribution in [3.05, 3.63) is 30.3 Å². The Bertz CT molecular complexity index is 549. The lowest BCUT2D eigenvalue weighted by atomic mass is 10.2. The molecule has 2 aliphatic rings. The molecule has 1 aliphatic heterocycles. The molecule has 0 atom stereocenters. The van der Waals surface area contributed by atoms with Crippen molar-refractivity contribution in [1.29, 1.82) is 0 Å². The highest BCUT2D eigenvalue weighted by molar-refractivity contribution is 5.92. The molecule has 1 heterocycles.